The predicted octanol–water partition coefficient (Wildman–Crippen LogP) is 2.98. The van der Waals surface area contributed by atoms with Gasteiger partial charge in [0.1, 0.15) is 6.61 Å². The lowest BCUT2D eigenvalue weighted by molar-refractivity contribution is 0.0951. The van der Waals surface area contributed by atoms with E-state index in [4.69, 9.17) is 16.7 Å². The summed E-state index contributed by atoms with van der Waals surface area (Å²) in [4.78, 5) is 13.1. The number of nitrogens with one attached hydrogen (secondary N) is 1. The van der Waals surface area contributed by atoms with E-state index < -0.39 is 0 Å². The molecule has 21 heavy (non-hydrogen) atoms. The average molecular weight is 320 g/mol. The van der Waals surface area contributed by atoms with Gasteiger partial charge in [-0.25, -0.2) is 0 Å². The van der Waals surface area contributed by atoms with Gasteiger partial charge >= 0.3 is 0 Å². The number of amides is 1. The summed E-state index contributed by atoms with van der Waals surface area (Å²) in [6, 6.07) is 7.27. The fraction of sp³-hybridized carbons (Fsp3) is 0.188. The van der Waals surface area contributed by atoms with Crippen LogP contribution in [0.5, 0.6) is 0 Å². The highest BCUT2D eigenvalue weighted by molar-refractivity contribution is 7.10. The molecule has 108 valence electrons. The lowest BCUT2D eigenvalue weighted by Crippen LogP contribution is -2.22. The molecule has 1 aromatic carbocycles. The molecule has 0 saturated heterocycles. The minimum absolute atomic E-state index is 0.159. The van der Waals surface area contributed by atoms with Gasteiger partial charge in [0.25, 0.3) is 5.91 Å². The zero-order valence-corrected chi connectivity index (χ0v) is 13.0. The third-order valence-electron chi connectivity index (χ3n) is 2.83. The molecule has 0 aliphatic heterocycles. The van der Waals surface area contributed by atoms with Crippen LogP contribution in [-0.4, -0.2) is 17.6 Å². The number of aliphatic hydroxyl groups excluding tert-OH is 1. The van der Waals surface area contributed by atoms with Crippen molar-refractivity contribution in [3.8, 4) is 11.8 Å². The number of carbonyl (C=O) groups excluding carboxylic acids is 1. The quantitative estimate of drug-likeness (QED) is 0.855. The normalized spacial score (nSPS) is 9.86. The van der Waals surface area contributed by atoms with Gasteiger partial charge in [0, 0.05) is 15.8 Å². The lowest BCUT2D eigenvalue weighted by atomic mass is 10.1. The highest BCUT2D eigenvalue weighted by Gasteiger charge is 2.11. The number of benzene rings is 1. The molecule has 0 saturated carbocycles. The van der Waals surface area contributed by atoms with Crippen molar-refractivity contribution in [2.24, 2.45) is 0 Å². The molecule has 0 radical (unpaired) electrons. The maximum absolute atomic E-state index is 12.1. The number of carbonyl (C=O) groups is 1. The third-order valence-corrected chi connectivity index (χ3v) is 4.26. The molecule has 2 N–H and O–H groups in total. The van der Waals surface area contributed by atoms with Gasteiger partial charge in [0.05, 0.1) is 17.1 Å². The zero-order valence-electron chi connectivity index (χ0n) is 11.4. The Labute approximate surface area is 132 Å². The highest BCUT2D eigenvalue weighted by atomic mass is 35.5. The van der Waals surface area contributed by atoms with E-state index in [-0.39, 0.29) is 12.5 Å². The largest absolute Gasteiger partial charge is 0.384 e. The summed E-state index contributed by atoms with van der Waals surface area (Å²) < 4.78 is 0. The second-order valence-corrected chi connectivity index (χ2v) is 5.75. The molecule has 0 unspecified atom stereocenters. The van der Waals surface area contributed by atoms with E-state index >= 15 is 0 Å². The Kier molecular flexibility index (Phi) is 5.40. The Morgan fingerprint density at radius 2 is 2.29 bits per heavy atom. The molecule has 0 atom stereocenters. The van der Waals surface area contributed by atoms with Crippen molar-refractivity contribution in [3.63, 3.8) is 0 Å². The minimum atomic E-state index is -0.194. The first-order chi connectivity index (χ1) is 10.1. The molecular formula is C16H14ClNO2S. The fourth-order valence-electron chi connectivity index (χ4n) is 1.77. The summed E-state index contributed by atoms with van der Waals surface area (Å²) in [5.74, 6) is 5.22. The van der Waals surface area contributed by atoms with Crippen molar-refractivity contribution in [3.05, 3.63) is 56.2 Å². The van der Waals surface area contributed by atoms with E-state index in [2.05, 4.69) is 17.2 Å². The monoisotopic (exact) mass is 319 g/mol. The third kappa shape index (κ3) is 4.08. The van der Waals surface area contributed by atoms with Crippen molar-refractivity contribution in [1.29, 1.82) is 0 Å². The summed E-state index contributed by atoms with van der Waals surface area (Å²) in [5.41, 5.74) is 2.20. The van der Waals surface area contributed by atoms with Crippen LogP contribution in [0.3, 0.4) is 0 Å². The topological polar surface area (TPSA) is 49.3 Å². The predicted molar refractivity (Wildman–Crippen MR) is 85.6 cm³/mol. The van der Waals surface area contributed by atoms with Gasteiger partial charge in [-0.1, -0.05) is 35.6 Å². The Morgan fingerprint density at radius 3 is 3.05 bits per heavy atom. The first-order valence-electron chi connectivity index (χ1n) is 6.32. The van der Waals surface area contributed by atoms with Crippen LogP contribution in [-0.2, 0) is 6.54 Å². The molecule has 0 spiro atoms. The molecule has 2 rings (SSSR count). The first-order valence-corrected chi connectivity index (χ1v) is 7.58. The van der Waals surface area contributed by atoms with Crippen molar-refractivity contribution in [1.82, 2.24) is 5.32 Å². The first kappa shape index (κ1) is 15.6. The molecule has 5 heteroatoms. The van der Waals surface area contributed by atoms with Crippen LogP contribution in [0.4, 0.5) is 0 Å². The van der Waals surface area contributed by atoms with Crippen molar-refractivity contribution in [2.75, 3.05) is 6.61 Å². The fourth-order valence-corrected chi connectivity index (χ4v) is 2.73. The van der Waals surface area contributed by atoms with Crippen LogP contribution >= 0.6 is 22.9 Å². The number of thiophene rings is 1. The smallest absolute Gasteiger partial charge is 0.253 e. The van der Waals surface area contributed by atoms with Gasteiger partial charge in [0.2, 0.25) is 0 Å². The van der Waals surface area contributed by atoms with E-state index in [9.17, 15) is 4.79 Å². The number of halogens is 1. The average Bonchev–Trinajstić information content (AvgIpc) is 2.93. The van der Waals surface area contributed by atoms with Gasteiger partial charge < -0.3 is 10.4 Å². The molecule has 0 bridgehead atoms. The molecule has 3 nitrogen and oxygen atoms in total. The Hall–Kier alpha value is -1.80. The van der Waals surface area contributed by atoms with Crippen LogP contribution in [0.15, 0.2) is 29.6 Å². The number of rotatable bonds is 3. The standard InChI is InChI=1S/C16H14ClNO2S/c1-11-4-2-6-14(15(11)17)16(20)18-9-13-8-12(10-21-13)5-3-7-19/h2,4,6,8,10,19H,7,9H2,1H3,(H,18,20). The van der Waals surface area contributed by atoms with Crippen LogP contribution in [0.2, 0.25) is 5.02 Å². The minimum Gasteiger partial charge on any atom is -0.384 e. The SMILES string of the molecule is Cc1cccc(C(=O)NCc2cc(C#CCO)cs2)c1Cl. The summed E-state index contributed by atoms with van der Waals surface area (Å²) in [5, 5.41) is 13.9. The molecule has 1 aromatic heterocycles. The summed E-state index contributed by atoms with van der Waals surface area (Å²) >= 11 is 7.64. The second-order valence-electron chi connectivity index (χ2n) is 4.38. The summed E-state index contributed by atoms with van der Waals surface area (Å²) in [6.45, 7) is 2.13. The molecular weight excluding hydrogens is 306 g/mol. The molecule has 0 fully saturated rings. The Morgan fingerprint density at radius 1 is 1.48 bits per heavy atom. The molecule has 1 amide bonds. The van der Waals surface area contributed by atoms with E-state index in [1.54, 1.807) is 6.07 Å². The number of hydrogen-bond donors (Lipinski definition) is 2. The van der Waals surface area contributed by atoms with Crippen LogP contribution in [0.25, 0.3) is 0 Å². The van der Waals surface area contributed by atoms with E-state index in [0.717, 1.165) is 16.0 Å². The van der Waals surface area contributed by atoms with E-state index in [1.807, 2.05) is 30.5 Å². The van der Waals surface area contributed by atoms with E-state index in [0.29, 0.717) is 17.1 Å². The molecule has 0 aliphatic rings. The van der Waals surface area contributed by atoms with Crippen molar-refractivity contribution < 1.29 is 9.90 Å². The molecule has 2 aromatic rings. The van der Waals surface area contributed by atoms with Gasteiger partial charge in [0.15, 0.2) is 0 Å². The summed E-state index contributed by atoms with van der Waals surface area (Å²) in [7, 11) is 0. The van der Waals surface area contributed by atoms with Gasteiger partial charge in [-0.3, -0.25) is 4.79 Å². The Balaban J connectivity index is 2.01. The van der Waals surface area contributed by atoms with Gasteiger partial charge in [-0.2, -0.15) is 0 Å². The van der Waals surface area contributed by atoms with E-state index in [1.165, 1.54) is 11.3 Å². The van der Waals surface area contributed by atoms with Crippen LogP contribution in [0, 0.1) is 18.8 Å². The van der Waals surface area contributed by atoms with Crippen LogP contribution in [0.1, 0.15) is 26.4 Å². The number of aliphatic hydroxyl groups is 1. The lowest BCUT2D eigenvalue weighted by Gasteiger charge is -2.07. The second kappa shape index (κ2) is 7.28. The summed E-state index contributed by atoms with van der Waals surface area (Å²) in [6.07, 6.45) is 0. The van der Waals surface area contributed by atoms with Crippen LogP contribution < -0.4 is 5.32 Å². The Bertz CT molecular complexity index is 713. The van der Waals surface area contributed by atoms with Crippen molar-refractivity contribution in [2.45, 2.75) is 13.5 Å². The van der Waals surface area contributed by atoms with Crippen molar-refractivity contribution >= 4 is 28.8 Å². The maximum atomic E-state index is 12.1. The zero-order chi connectivity index (χ0) is 15.2. The van der Waals surface area contributed by atoms with Gasteiger partial charge in [-0.15, -0.1) is 11.3 Å². The maximum Gasteiger partial charge on any atom is 0.253 e. The van der Waals surface area contributed by atoms with Gasteiger partial charge in [-0.05, 0) is 24.6 Å². The number of aryl methyl sites for hydroxylation is 1. The molecule has 0 aliphatic carbocycles. The molecule has 1 heterocycles. The highest BCUT2D eigenvalue weighted by Crippen LogP contribution is 2.20. The number of hydrogen-bond acceptors (Lipinski definition) is 3.